The predicted molar refractivity (Wildman–Crippen MR) is 123 cm³/mol. The average molecular weight is 468 g/mol. The number of nitrogens with zero attached hydrogens (tertiary/aromatic N) is 7. The molecule has 1 saturated heterocycles. The first-order valence-corrected chi connectivity index (χ1v) is 11.4. The predicted octanol–water partition coefficient (Wildman–Crippen LogP) is 2.38. The molecule has 8 nitrogen and oxygen atoms in total. The Labute approximate surface area is 196 Å². The number of hydrogen-bond donors (Lipinski definition) is 0. The van der Waals surface area contributed by atoms with Gasteiger partial charge >= 0.3 is 0 Å². The van der Waals surface area contributed by atoms with Crippen LogP contribution in [0, 0.1) is 11.6 Å². The fraction of sp³-hybridized carbons (Fsp3) is 0.417. The minimum absolute atomic E-state index is 0.0359. The number of benzene rings is 1. The third kappa shape index (κ3) is 4.63. The van der Waals surface area contributed by atoms with Crippen molar-refractivity contribution in [2.75, 3.05) is 37.6 Å². The van der Waals surface area contributed by atoms with Crippen molar-refractivity contribution in [1.29, 1.82) is 0 Å². The van der Waals surface area contributed by atoms with Gasteiger partial charge in [-0.1, -0.05) is 0 Å². The van der Waals surface area contributed by atoms with E-state index in [-0.39, 0.29) is 5.91 Å². The summed E-state index contributed by atoms with van der Waals surface area (Å²) in [5, 5.41) is 4.30. The maximum Gasteiger partial charge on any atom is 0.219 e. The third-order valence-electron chi connectivity index (χ3n) is 6.42. The number of fused-ring (bicyclic) bond motifs is 1. The fourth-order valence-electron chi connectivity index (χ4n) is 4.63. The van der Waals surface area contributed by atoms with Gasteiger partial charge in [-0.05, 0) is 17.7 Å². The molecule has 5 rings (SSSR count). The average Bonchev–Trinajstić information content (AvgIpc) is 3.24. The van der Waals surface area contributed by atoms with Gasteiger partial charge in [-0.2, -0.15) is 5.10 Å². The second-order valence-corrected chi connectivity index (χ2v) is 8.92. The van der Waals surface area contributed by atoms with Crippen molar-refractivity contribution < 1.29 is 13.6 Å². The van der Waals surface area contributed by atoms with Crippen molar-refractivity contribution in [3.8, 4) is 11.3 Å². The topological polar surface area (TPSA) is 70.4 Å². The molecule has 178 valence electrons. The van der Waals surface area contributed by atoms with Crippen LogP contribution in [0.5, 0.6) is 0 Å². The molecule has 2 aliphatic heterocycles. The molecule has 0 atom stereocenters. The number of halogens is 2. The van der Waals surface area contributed by atoms with E-state index in [1.165, 1.54) is 12.1 Å². The van der Waals surface area contributed by atoms with Gasteiger partial charge in [0, 0.05) is 77.5 Å². The van der Waals surface area contributed by atoms with Gasteiger partial charge in [0.2, 0.25) is 5.91 Å². The first-order chi connectivity index (χ1) is 16.4. The van der Waals surface area contributed by atoms with Gasteiger partial charge in [-0.25, -0.2) is 18.7 Å². The van der Waals surface area contributed by atoms with E-state index in [1.54, 1.807) is 22.7 Å². The molecule has 1 amide bonds. The molecule has 0 saturated carbocycles. The van der Waals surface area contributed by atoms with Crippen molar-refractivity contribution in [3.05, 3.63) is 59.2 Å². The van der Waals surface area contributed by atoms with Gasteiger partial charge in [-0.15, -0.1) is 0 Å². The number of carbonyl (C=O) groups is 1. The van der Waals surface area contributed by atoms with E-state index in [0.29, 0.717) is 31.6 Å². The summed E-state index contributed by atoms with van der Waals surface area (Å²) in [5.41, 5.74) is 4.03. The second-order valence-electron chi connectivity index (χ2n) is 8.92. The zero-order chi connectivity index (χ0) is 23.8. The Bertz CT molecular complexity index is 1200. The van der Waals surface area contributed by atoms with Crippen LogP contribution in [0.4, 0.5) is 14.6 Å². The van der Waals surface area contributed by atoms with E-state index in [0.717, 1.165) is 60.7 Å². The van der Waals surface area contributed by atoms with Crippen LogP contribution in [0.1, 0.15) is 23.9 Å². The lowest BCUT2D eigenvalue weighted by Gasteiger charge is -2.37. The van der Waals surface area contributed by atoms with Crippen LogP contribution in [0.25, 0.3) is 11.3 Å². The largest absolute Gasteiger partial charge is 0.352 e. The quantitative estimate of drug-likeness (QED) is 0.587. The van der Waals surface area contributed by atoms with Crippen LogP contribution in [0.15, 0.2) is 30.6 Å². The molecule has 34 heavy (non-hydrogen) atoms. The zero-order valence-corrected chi connectivity index (χ0v) is 19.3. The van der Waals surface area contributed by atoms with Gasteiger partial charge in [0.1, 0.15) is 17.3 Å². The summed E-state index contributed by atoms with van der Waals surface area (Å²) in [6.45, 7) is 6.09. The number of amides is 1. The molecule has 3 aromatic rings. The molecule has 0 bridgehead atoms. The molecule has 0 unspecified atom stereocenters. The summed E-state index contributed by atoms with van der Waals surface area (Å²) >= 11 is 0. The summed E-state index contributed by atoms with van der Waals surface area (Å²) in [7, 11) is 1.86. The Hall–Kier alpha value is -3.40. The molecule has 4 heterocycles. The number of carbonyl (C=O) groups excluding carboxylic acids is 1. The minimum Gasteiger partial charge on any atom is -0.352 e. The molecule has 0 aliphatic carbocycles. The van der Waals surface area contributed by atoms with Crippen LogP contribution in [-0.2, 0) is 31.4 Å². The minimum atomic E-state index is -0.553. The highest BCUT2D eigenvalue weighted by Crippen LogP contribution is 2.31. The maximum atomic E-state index is 13.6. The number of aromatic nitrogens is 4. The van der Waals surface area contributed by atoms with E-state index < -0.39 is 11.6 Å². The second kappa shape index (κ2) is 9.09. The lowest BCUT2D eigenvalue weighted by Crippen LogP contribution is -2.46. The highest BCUT2D eigenvalue weighted by atomic mass is 19.1. The standard InChI is InChI=1S/C24H27F2N7O/c1-16(34)33-4-3-21-22(15-33)28-23(18-12-27-30(2)14-18)24(29-21)32-7-5-31(6-8-32)13-17-9-19(25)11-20(26)10-17/h9-12,14H,3-8,13,15H2,1-2H3. The SMILES string of the molecule is CC(=O)N1CCc2nc(N3CCN(Cc4cc(F)cc(F)c4)CC3)c(-c3cnn(C)c3)nc2C1. The summed E-state index contributed by atoms with van der Waals surface area (Å²) in [6.07, 6.45) is 4.37. The van der Waals surface area contributed by atoms with Gasteiger partial charge < -0.3 is 9.80 Å². The molecule has 0 spiro atoms. The number of aryl methyl sites for hydroxylation is 1. The van der Waals surface area contributed by atoms with Gasteiger partial charge in [0.05, 0.1) is 24.1 Å². The Morgan fingerprint density at radius 2 is 1.74 bits per heavy atom. The smallest absolute Gasteiger partial charge is 0.219 e. The first-order valence-electron chi connectivity index (χ1n) is 11.4. The van der Waals surface area contributed by atoms with Crippen molar-refractivity contribution in [2.45, 2.75) is 26.4 Å². The summed E-state index contributed by atoms with van der Waals surface area (Å²) in [5.74, 6) is -0.252. The number of piperazine rings is 1. The van der Waals surface area contributed by atoms with Crippen LogP contribution < -0.4 is 4.90 Å². The van der Waals surface area contributed by atoms with E-state index in [2.05, 4.69) is 14.9 Å². The van der Waals surface area contributed by atoms with Crippen LogP contribution in [-0.4, -0.2) is 68.2 Å². The summed E-state index contributed by atoms with van der Waals surface area (Å²) < 4.78 is 28.9. The third-order valence-corrected chi connectivity index (χ3v) is 6.42. The Balaban J connectivity index is 1.38. The van der Waals surface area contributed by atoms with Crippen LogP contribution in [0.3, 0.4) is 0 Å². The summed E-state index contributed by atoms with van der Waals surface area (Å²) in [4.78, 5) is 28.1. The molecule has 2 aliphatic rings. The Morgan fingerprint density at radius 3 is 2.38 bits per heavy atom. The van der Waals surface area contributed by atoms with Crippen molar-refractivity contribution in [3.63, 3.8) is 0 Å². The van der Waals surface area contributed by atoms with Crippen LogP contribution >= 0.6 is 0 Å². The molecule has 1 fully saturated rings. The van der Waals surface area contributed by atoms with E-state index in [9.17, 15) is 13.6 Å². The lowest BCUT2D eigenvalue weighted by molar-refractivity contribution is -0.129. The Kier molecular flexibility index (Phi) is 5.99. The lowest BCUT2D eigenvalue weighted by atomic mass is 10.1. The number of hydrogen-bond acceptors (Lipinski definition) is 6. The maximum absolute atomic E-state index is 13.6. The summed E-state index contributed by atoms with van der Waals surface area (Å²) in [6, 6.07) is 3.66. The van der Waals surface area contributed by atoms with E-state index in [4.69, 9.17) is 9.97 Å². The number of anilines is 1. The molecular formula is C24H27F2N7O. The highest BCUT2D eigenvalue weighted by molar-refractivity contribution is 5.74. The molecule has 2 aromatic heterocycles. The van der Waals surface area contributed by atoms with Crippen LogP contribution in [0.2, 0.25) is 0 Å². The molecule has 10 heteroatoms. The highest BCUT2D eigenvalue weighted by Gasteiger charge is 2.27. The monoisotopic (exact) mass is 467 g/mol. The zero-order valence-electron chi connectivity index (χ0n) is 19.3. The van der Waals surface area contributed by atoms with Crippen molar-refractivity contribution in [2.24, 2.45) is 7.05 Å². The molecule has 0 radical (unpaired) electrons. The first kappa shape index (κ1) is 22.4. The van der Waals surface area contributed by atoms with Gasteiger partial charge in [0.15, 0.2) is 5.82 Å². The van der Waals surface area contributed by atoms with Gasteiger partial charge in [-0.3, -0.25) is 14.4 Å². The Morgan fingerprint density at radius 1 is 1.00 bits per heavy atom. The fourth-order valence-corrected chi connectivity index (χ4v) is 4.63. The normalized spacial score (nSPS) is 16.6. The van der Waals surface area contributed by atoms with Crippen molar-refractivity contribution in [1.82, 2.24) is 29.5 Å². The van der Waals surface area contributed by atoms with Gasteiger partial charge in [0.25, 0.3) is 0 Å². The molecule has 0 N–H and O–H groups in total. The van der Waals surface area contributed by atoms with E-state index in [1.807, 2.05) is 13.2 Å². The number of rotatable bonds is 4. The van der Waals surface area contributed by atoms with Crippen molar-refractivity contribution >= 4 is 11.7 Å². The van der Waals surface area contributed by atoms with E-state index >= 15 is 0 Å². The molecular weight excluding hydrogens is 440 g/mol. The molecule has 1 aromatic carbocycles.